The molecule has 6 aliphatic heterocycles. The first kappa shape index (κ1) is 56.1. The number of aliphatic hydroxyl groups excluding tert-OH is 13. The Kier molecular flexibility index (Phi) is 16.0. The lowest BCUT2D eigenvalue weighted by Gasteiger charge is -2.58. The fourth-order valence-electron chi connectivity index (χ4n) is 15.6. The number of aliphatic hydroxyl groups is 13. The van der Waals surface area contributed by atoms with Crippen LogP contribution in [0.3, 0.4) is 0 Å². The second kappa shape index (κ2) is 21.0. The minimum Gasteiger partial charge on any atom is -0.394 e. The Hall–Kier alpha value is -1.18. The lowest BCUT2D eigenvalue weighted by atomic mass is 9.47. The summed E-state index contributed by atoms with van der Waals surface area (Å²) < 4.78 is 62.0. The highest BCUT2D eigenvalue weighted by Gasteiger charge is 2.70. The topological polar surface area (TPSA) is 355 Å². The van der Waals surface area contributed by atoms with Crippen LogP contribution in [0.2, 0.25) is 0 Å². The van der Waals surface area contributed by atoms with E-state index in [2.05, 4.69) is 26.8 Å². The molecule has 0 aromatic carbocycles. The molecule has 3 saturated carbocycles. The minimum absolute atomic E-state index is 0.00240. The van der Waals surface area contributed by atoms with Gasteiger partial charge in [0.1, 0.15) is 91.6 Å². The summed E-state index contributed by atoms with van der Waals surface area (Å²) >= 11 is 0. The molecule has 9 fully saturated rings. The molecule has 31 unspecified atom stereocenters. The summed E-state index contributed by atoms with van der Waals surface area (Å²) in [6.07, 6.45) is -21.4. The molecule has 6 heterocycles. The third kappa shape index (κ3) is 9.38. The first-order valence-corrected chi connectivity index (χ1v) is 26.9. The van der Waals surface area contributed by atoms with Gasteiger partial charge in [0.15, 0.2) is 30.9 Å². The predicted octanol–water partition coefficient (Wildman–Crippen LogP) is -2.85. The number of ether oxygens (including phenoxy) is 10. The Morgan fingerprint density at radius 3 is 1.84 bits per heavy atom. The van der Waals surface area contributed by atoms with Gasteiger partial charge in [-0.25, -0.2) is 0 Å². The molecule has 31 atom stereocenters. The third-order valence-electron chi connectivity index (χ3n) is 19.9. The number of allylic oxidation sites excluding steroid dienone is 1. The molecule has 424 valence electrons. The van der Waals surface area contributed by atoms with Crippen LogP contribution < -0.4 is 0 Å². The Balaban J connectivity index is 0.811. The SMILES string of the molecule is CC1OC(OC2C(OC3CCC4(C)C(=CCC5C4CCC4(C)C5CC5OC6(CCC(C)(COC7OC(CO)C(O)C(O)C7O)O6)C(C)C54)C3)OC(CO)C(OC3OC(CO)C(O)C(O)C3O)C2O)C(O)C(O)C1O. The summed E-state index contributed by atoms with van der Waals surface area (Å²) in [6.45, 7) is 8.48. The highest BCUT2D eigenvalue weighted by molar-refractivity contribution is 5.27. The Bertz CT molecular complexity index is 1980. The summed E-state index contributed by atoms with van der Waals surface area (Å²) in [6, 6.07) is 0. The van der Waals surface area contributed by atoms with E-state index in [9.17, 15) is 66.4 Å². The van der Waals surface area contributed by atoms with E-state index < -0.39 is 160 Å². The Morgan fingerprint density at radius 1 is 0.581 bits per heavy atom. The van der Waals surface area contributed by atoms with E-state index in [4.69, 9.17) is 47.4 Å². The molecule has 6 saturated heterocycles. The number of hydrogen-bond donors (Lipinski definition) is 13. The molecule has 10 rings (SSSR count). The summed E-state index contributed by atoms with van der Waals surface area (Å²) in [5.41, 5.74) is 0.338. The van der Waals surface area contributed by atoms with Crippen molar-refractivity contribution in [3.63, 3.8) is 0 Å². The molecule has 0 amide bonds. The van der Waals surface area contributed by atoms with Crippen molar-refractivity contribution in [2.45, 2.75) is 239 Å². The molecule has 1 spiro atoms. The largest absolute Gasteiger partial charge is 0.394 e. The van der Waals surface area contributed by atoms with E-state index in [0.29, 0.717) is 43.4 Å². The van der Waals surface area contributed by atoms with Gasteiger partial charge in [-0.1, -0.05) is 32.4 Å². The van der Waals surface area contributed by atoms with E-state index in [-0.39, 0.29) is 35.4 Å². The summed E-state index contributed by atoms with van der Waals surface area (Å²) in [7, 11) is 0. The van der Waals surface area contributed by atoms with Crippen molar-refractivity contribution < 1.29 is 114 Å². The lowest BCUT2D eigenvalue weighted by Crippen LogP contribution is -2.67. The molecule has 0 radical (unpaired) electrons. The Morgan fingerprint density at radius 2 is 1.18 bits per heavy atom. The zero-order chi connectivity index (χ0) is 53.1. The molecule has 4 aliphatic carbocycles. The molecule has 0 aromatic rings. The van der Waals surface area contributed by atoms with Gasteiger partial charge in [0.2, 0.25) is 0 Å². The van der Waals surface area contributed by atoms with E-state index in [1.807, 2.05) is 6.92 Å². The maximum Gasteiger partial charge on any atom is 0.187 e. The minimum atomic E-state index is -1.85. The molecule has 74 heavy (non-hydrogen) atoms. The molecule has 23 heteroatoms. The molecule has 23 nitrogen and oxygen atoms in total. The van der Waals surface area contributed by atoms with Gasteiger partial charge in [0, 0.05) is 12.3 Å². The van der Waals surface area contributed by atoms with E-state index in [1.165, 1.54) is 12.5 Å². The smallest absolute Gasteiger partial charge is 0.187 e. The quantitative estimate of drug-likeness (QED) is 0.0875. The highest BCUT2D eigenvalue weighted by Crippen LogP contribution is 2.71. The van der Waals surface area contributed by atoms with Gasteiger partial charge in [-0.2, -0.15) is 0 Å². The third-order valence-corrected chi connectivity index (χ3v) is 19.9. The highest BCUT2D eigenvalue weighted by atomic mass is 16.8. The van der Waals surface area contributed by atoms with Crippen LogP contribution in [0.4, 0.5) is 0 Å². The van der Waals surface area contributed by atoms with Crippen molar-refractivity contribution in [3.8, 4) is 0 Å². The monoisotopic (exact) mass is 1060 g/mol. The van der Waals surface area contributed by atoms with Crippen LogP contribution in [0.5, 0.6) is 0 Å². The Labute approximate surface area is 430 Å². The van der Waals surface area contributed by atoms with Crippen molar-refractivity contribution in [1.82, 2.24) is 0 Å². The molecule has 13 N–H and O–H groups in total. The fourth-order valence-corrected chi connectivity index (χ4v) is 15.6. The summed E-state index contributed by atoms with van der Waals surface area (Å²) in [5.74, 6) is 0.731. The number of hydrogen-bond acceptors (Lipinski definition) is 23. The van der Waals surface area contributed by atoms with Crippen LogP contribution in [-0.2, 0) is 47.4 Å². The second-order valence-corrected chi connectivity index (χ2v) is 24.2. The molecule has 0 aromatic heterocycles. The first-order valence-electron chi connectivity index (χ1n) is 26.9. The van der Waals surface area contributed by atoms with Gasteiger partial charge in [-0.05, 0) is 99.7 Å². The van der Waals surface area contributed by atoms with E-state index >= 15 is 0 Å². The van der Waals surface area contributed by atoms with Gasteiger partial charge in [-0.15, -0.1) is 0 Å². The van der Waals surface area contributed by atoms with Crippen LogP contribution in [-0.4, -0.2) is 239 Å². The van der Waals surface area contributed by atoms with Crippen molar-refractivity contribution >= 4 is 0 Å². The molecular weight excluding hydrogens is 981 g/mol. The lowest BCUT2D eigenvalue weighted by molar-refractivity contribution is -0.389. The maximum atomic E-state index is 12.1. The van der Waals surface area contributed by atoms with E-state index in [0.717, 1.165) is 32.1 Å². The van der Waals surface area contributed by atoms with Crippen molar-refractivity contribution in [3.05, 3.63) is 11.6 Å². The van der Waals surface area contributed by atoms with Crippen LogP contribution in [0.1, 0.15) is 92.4 Å². The standard InChI is InChI=1S/C51H82O23/c1-20-31-27(73-51(20)13-12-48(3,74-51)19-65-44-38(61)36(59)33(56)28(16-52)68-44)15-26-24-7-6-22-14-23(8-10-49(22,4)25(24)9-11-50(26,31)5)67-47-43(72-45-39(62)35(58)32(55)21(2)66-45)41(64)42(30(18-54)70-47)71-46-40(63)37(60)34(57)29(17-53)69-46/h6,20-21,23-47,52-64H,7-19H2,1-5H3. The average molecular weight is 1060 g/mol. The molecule has 10 aliphatic rings. The molecule has 0 bridgehead atoms. The van der Waals surface area contributed by atoms with Crippen LogP contribution >= 0.6 is 0 Å². The van der Waals surface area contributed by atoms with Gasteiger partial charge in [-0.3, -0.25) is 0 Å². The van der Waals surface area contributed by atoms with Crippen LogP contribution in [0.15, 0.2) is 11.6 Å². The van der Waals surface area contributed by atoms with Gasteiger partial charge in [0.25, 0.3) is 0 Å². The number of rotatable bonds is 12. The molecular formula is C51H82O23. The first-order chi connectivity index (χ1) is 35.0. The van der Waals surface area contributed by atoms with Crippen molar-refractivity contribution in [1.29, 1.82) is 0 Å². The van der Waals surface area contributed by atoms with Gasteiger partial charge >= 0.3 is 0 Å². The normalized spacial score (nSPS) is 57.4. The van der Waals surface area contributed by atoms with Gasteiger partial charge < -0.3 is 114 Å². The van der Waals surface area contributed by atoms with Gasteiger partial charge in [0.05, 0.1) is 50.3 Å². The average Bonchev–Trinajstić information content (AvgIpc) is 3.98. The van der Waals surface area contributed by atoms with Crippen molar-refractivity contribution in [2.75, 3.05) is 26.4 Å². The number of fused-ring (bicyclic) bond motifs is 7. The zero-order valence-corrected chi connectivity index (χ0v) is 42.8. The summed E-state index contributed by atoms with van der Waals surface area (Å²) in [5, 5.41) is 137. The summed E-state index contributed by atoms with van der Waals surface area (Å²) in [4.78, 5) is 0. The second-order valence-electron chi connectivity index (χ2n) is 24.2. The van der Waals surface area contributed by atoms with Crippen molar-refractivity contribution in [2.24, 2.45) is 40.4 Å². The van der Waals surface area contributed by atoms with Crippen LogP contribution in [0.25, 0.3) is 0 Å². The fraction of sp³-hybridized carbons (Fsp3) is 0.961. The van der Waals surface area contributed by atoms with E-state index in [1.54, 1.807) is 0 Å². The van der Waals surface area contributed by atoms with Crippen LogP contribution in [0, 0.1) is 40.4 Å². The zero-order valence-electron chi connectivity index (χ0n) is 42.8. The predicted molar refractivity (Wildman–Crippen MR) is 248 cm³/mol. The maximum absolute atomic E-state index is 12.1.